The van der Waals surface area contributed by atoms with Gasteiger partial charge in [0.2, 0.25) is 0 Å². The molecule has 0 spiro atoms. The molecule has 7 heteroatoms. The highest BCUT2D eigenvalue weighted by atomic mass is 32.2. The maximum atomic E-state index is 11.9. The van der Waals surface area contributed by atoms with Crippen LogP contribution < -0.4 is 10.5 Å². The second-order valence-corrected chi connectivity index (χ2v) is 5.32. The van der Waals surface area contributed by atoms with Crippen molar-refractivity contribution in [2.24, 2.45) is 0 Å². The van der Waals surface area contributed by atoms with E-state index in [1.807, 2.05) is 0 Å². The molecule has 0 aliphatic rings. The summed E-state index contributed by atoms with van der Waals surface area (Å²) in [5.74, 6) is 0. The fourth-order valence-electron chi connectivity index (χ4n) is 1.30. The van der Waals surface area contributed by atoms with Gasteiger partial charge in [-0.1, -0.05) is 0 Å². The van der Waals surface area contributed by atoms with Crippen molar-refractivity contribution in [3.05, 3.63) is 48.4 Å². The quantitative estimate of drug-likeness (QED) is 0.839. The normalized spacial score (nSPS) is 11.3. The molecule has 0 atom stereocenters. The van der Waals surface area contributed by atoms with Gasteiger partial charge in [0.15, 0.2) is 5.03 Å². The molecule has 0 amide bonds. The van der Waals surface area contributed by atoms with E-state index in [0.717, 1.165) is 5.56 Å². The standard InChI is InChI=1S/C11H12N4O2S/c12-10-1-2-11(14-8-10)18(16,17)15-7-9-3-5-13-6-4-9/h1-6,8,15H,7,12H2. The Balaban J connectivity index is 2.11. The largest absolute Gasteiger partial charge is 0.397 e. The summed E-state index contributed by atoms with van der Waals surface area (Å²) in [5.41, 5.74) is 6.69. The number of nitrogens with two attached hydrogens (primary N) is 1. The maximum absolute atomic E-state index is 11.9. The summed E-state index contributed by atoms with van der Waals surface area (Å²) in [6.07, 6.45) is 4.51. The molecule has 0 aliphatic carbocycles. The van der Waals surface area contributed by atoms with Crippen molar-refractivity contribution >= 4 is 15.7 Å². The van der Waals surface area contributed by atoms with Crippen LogP contribution in [0.15, 0.2) is 47.9 Å². The van der Waals surface area contributed by atoms with Gasteiger partial charge in [0.05, 0.1) is 11.9 Å². The van der Waals surface area contributed by atoms with Crippen LogP contribution in [-0.4, -0.2) is 18.4 Å². The lowest BCUT2D eigenvalue weighted by Gasteiger charge is -2.06. The first kappa shape index (κ1) is 12.5. The lowest BCUT2D eigenvalue weighted by atomic mass is 10.3. The molecular weight excluding hydrogens is 252 g/mol. The molecule has 0 aromatic carbocycles. The third-order valence-electron chi connectivity index (χ3n) is 2.25. The van der Waals surface area contributed by atoms with Gasteiger partial charge in [-0.3, -0.25) is 4.98 Å². The fourth-order valence-corrected chi connectivity index (χ4v) is 2.25. The zero-order chi connectivity index (χ0) is 13.0. The SMILES string of the molecule is Nc1ccc(S(=O)(=O)NCc2ccncc2)nc1. The Morgan fingerprint density at radius 1 is 1.17 bits per heavy atom. The van der Waals surface area contributed by atoms with E-state index in [4.69, 9.17) is 5.73 Å². The van der Waals surface area contributed by atoms with Gasteiger partial charge in [0.25, 0.3) is 10.0 Å². The van der Waals surface area contributed by atoms with E-state index < -0.39 is 10.0 Å². The highest BCUT2D eigenvalue weighted by Crippen LogP contribution is 2.08. The number of nitrogen functional groups attached to an aromatic ring is 1. The number of hydrogen-bond donors (Lipinski definition) is 2. The summed E-state index contributed by atoms with van der Waals surface area (Å²) in [5, 5.41) is -0.0502. The van der Waals surface area contributed by atoms with Crippen molar-refractivity contribution in [2.45, 2.75) is 11.6 Å². The first-order valence-corrected chi connectivity index (χ1v) is 6.66. The van der Waals surface area contributed by atoms with E-state index in [9.17, 15) is 8.42 Å². The lowest BCUT2D eigenvalue weighted by Crippen LogP contribution is -2.24. The van der Waals surface area contributed by atoms with E-state index in [1.54, 1.807) is 24.5 Å². The van der Waals surface area contributed by atoms with Gasteiger partial charge in [0, 0.05) is 18.9 Å². The molecule has 6 nitrogen and oxygen atoms in total. The van der Waals surface area contributed by atoms with Crippen LogP contribution in [-0.2, 0) is 16.6 Å². The van der Waals surface area contributed by atoms with Crippen molar-refractivity contribution < 1.29 is 8.42 Å². The van der Waals surface area contributed by atoms with E-state index >= 15 is 0 Å². The molecule has 18 heavy (non-hydrogen) atoms. The van der Waals surface area contributed by atoms with E-state index in [0.29, 0.717) is 5.69 Å². The second-order valence-electron chi connectivity index (χ2n) is 3.61. The van der Waals surface area contributed by atoms with Crippen molar-refractivity contribution in [1.29, 1.82) is 0 Å². The topological polar surface area (TPSA) is 98.0 Å². The van der Waals surface area contributed by atoms with Crippen molar-refractivity contribution in [1.82, 2.24) is 14.7 Å². The van der Waals surface area contributed by atoms with Crippen LogP contribution in [0, 0.1) is 0 Å². The summed E-state index contributed by atoms with van der Waals surface area (Å²) < 4.78 is 26.2. The highest BCUT2D eigenvalue weighted by Gasteiger charge is 2.14. The predicted octanol–water partition coefficient (Wildman–Crippen LogP) is 0.537. The van der Waals surface area contributed by atoms with Gasteiger partial charge in [-0.25, -0.2) is 18.1 Å². The predicted molar refractivity (Wildman–Crippen MR) is 66.9 cm³/mol. The number of nitrogens with one attached hydrogen (secondary N) is 1. The van der Waals surface area contributed by atoms with Gasteiger partial charge in [-0.15, -0.1) is 0 Å². The zero-order valence-electron chi connectivity index (χ0n) is 9.45. The molecule has 0 aliphatic heterocycles. The van der Waals surface area contributed by atoms with Crippen LogP contribution in [0.1, 0.15) is 5.56 Å². The molecule has 0 saturated carbocycles. The third-order valence-corrected chi connectivity index (χ3v) is 3.57. The van der Waals surface area contributed by atoms with Gasteiger partial charge in [0.1, 0.15) is 0 Å². The minimum absolute atomic E-state index is 0.0502. The molecular formula is C11H12N4O2S. The Kier molecular flexibility index (Phi) is 3.54. The minimum atomic E-state index is -3.61. The first-order valence-electron chi connectivity index (χ1n) is 5.18. The van der Waals surface area contributed by atoms with Crippen LogP contribution in [0.4, 0.5) is 5.69 Å². The Morgan fingerprint density at radius 3 is 2.50 bits per heavy atom. The monoisotopic (exact) mass is 264 g/mol. The molecule has 94 valence electrons. The molecule has 3 N–H and O–H groups in total. The summed E-state index contributed by atoms with van der Waals surface area (Å²) in [6.45, 7) is 0.191. The maximum Gasteiger partial charge on any atom is 0.258 e. The Labute approximate surface area is 105 Å². The number of aromatic nitrogens is 2. The van der Waals surface area contributed by atoms with Crippen molar-refractivity contribution in [3.8, 4) is 0 Å². The Hall–Kier alpha value is -1.99. The second kappa shape index (κ2) is 5.11. The molecule has 2 aromatic rings. The van der Waals surface area contributed by atoms with Crippen LogP contribution in [0.5, 0.6) is 0 Å². The summed E-state index contributed by atoms with van der Waals surface area (Å²) in [7, 11) is -3.61. The average Bonchev–Trinajstić information content (AvgIpc) is 2.38. The number of rotatable bonds is 4. The Morgan fingerprint density at radius 2 is 1.89 bits per heavy atom. The Bertz CT molecular complexity index is 611. The molecule has 2 aromatic heterocycles. The van der Waals surface area contributed by atoms with Crippen LogP contribution in [0.2, 0.25) is 0 Å². The van der Waals surface area contributed by atoms with Crippen molar-refractivity contribution in [3.63, 3.8) is 0 Å². The summed E-state index contributed by atoms with van der Waals surface area (Å²) in [4.78, 5) is 7.63. The molecule has 0 bridgehead atoms. The fraction of sp³-hybridized carbons (Fsp3) is 0.0909. The van der Waals surface area contributed by atoms with Gasteiger partial charge >= 0.3 is 0 Å². The summed E-state index contributed by atoms with van der Waals surface area (Å²) >= 11 is 0. The van der Waals surface area contributed by atoms with Crippen molar-refractivity contribution in [2.75, 3.05) is 5.73 Å². The highest BCUT2D eigenvalue weighted by molar-refractivity contribution is 7.89. The molecule has 0 fully saturated rings. The smallest absolute Gasteiger partial charge is 0.258 e. The minimum Gasteiger partial charge on any atom is -0.397 e. The van der Waals surface area contributed by atoms with E-state index in [-0.39, 0.29) is 11.6 Å². The van der Waals surface area contributed by atoms with Crippen LogP contribution >= 0.6 is 0 Å². The van der Waals surface area contributed by atoms with Crippen LogP contribution in [0.3, 0.4) is 0 Å². The third kappa shape index (κ3) is 3.02. The van der Waals surface area contributed by atoms with E-state index in [2.05, 4.69) is 14.7 Å². The molecule has 2 heterocycles. The number of pyridine rings is 2. The molecule has 0 unspecified atom stereocenters. The number of anilines is 1. The summed E-state index contributed by atoms with van der Waals surface area (Å²) in [6, 6.07) is 6.33. The van der Waals surface area contributed by atoms with Crippen LogP contribution in [0.25, 0.3) is 0 Å². The first-order chi connectivity index (χ1) is 8.58. The van der Waals surface area contributed by atoms with E-state index in [1.165, 1.54) is 18.3 Å². The van der Waals surface area contributed by atoms with Gasteiger partial charge in [-0.2, -0.15) is 0 Å². The average molecular weight is 264 g/mol. The molecule has 0 saturated heterocycles. The van der Waals surface area contributed by atoms with Gasteiger partial charge < -0.3 is 5.73 Å². The van der Waals surface area contributed by atoms with Gasteiger partial charge in [-0.05, 0) is 29.8 Å². The number of nitrogens with zero attached hydrogens (tertiary/aromatic N) is 2. The lowest BCUT2D eigenvalue weighted by molar-refractivity contribution is 0.577. The number of sulfonamides is 1. The molecule has 0 radical (unpaired) electrons. The molecule has 2 rings (SSSR count). The zero-order valence-corrected chi connectivity index (χ0v) is 10.3. The number of hydrogen-bond acceptors (Lipinski definition) is 5.